The number of carbonyl (C=O) groups is 1. The molecule has 0 atom stereocenters. The van der Waals surface area contributed by atoms with Gasteiger partial charge in [-0.05, 0) is 28.9 Å². The molecule has 0 bridgehead atoms. The normalized spacial score (nSPS) is 9.80. The molecule has 0 saturated carbocycles. The summed E-state index contributed by atoms with van der Waals surface area (Å²) in [6, 6.07) is 2.69. The third-order valence-electron chi connectivity index (χ3n) is 1.85. The molecule has 6 heteroatoms. The second-order valence-electron chi connectivity index (χ2n) is 2.79. The van der Waals surface area contributed by atoms with Crippen molar-refractivity contribution in [2.24, 2.45) is 0 Å². The summed E-state index contributed by atoms with van der Waals surface area (Å²) in [4.78, 5) is 21.3. The maximum absolute atomic E-state index is 11.3. The van der Waals surface area contributed by atoms with E-state index >= 15 is 0 Å². The van der Waals surface area contributed by atoms with E-state index in [-0.39, 0.29) is 17.0 Å². The van der Waals surface area contributed by atoms with Crippen LogP contribution >= 0.6 is 15.9 Å². The molecule has 0 heterocycles. The first-order valence-corrected chi connectivity index (χ1v) is 4.80. The van der Waals surface area contributed by atoms with Gasteiger partial charge < -0.3 is 4.74 Å². The first-order valence-electron chi connectivity index (χ1n) is 4.00. The molecule has 0 N–H and O–H groups in total. The van der Waals surface area contributed by atoms with Gasteiger partial charge in [0.15, 0.2) is 5.78 Å². The largest absolute Gasteiger partial charge is 0.496 e. The molecular weight excluding hydrogens is 266 g/mol. The van der Waals surface area contributed by atoms with E-state index in [1.165, 1.54) is 26.2 Å². The SMILES string of the molecule is COc1ccc([N+](=O)[O-])c(C(C)=O)c1Br. The highest BCUT2D eigenvalue weighted by molar-refractivity contribution is 9.10. The van der Waals surface area contributed by atoms with Crippen molar-refractivity contribution in [1.82, 2.24) is 0 Å². The van der Waals surface area contributed by atoms with E-state index in [2.05, 4.69) is 15.9 Å². The fraction of sp³-hybridized carbons (Fsp3) is 0.222. The number of benzene rings is 1. The van der Waals surface area contributed by atoms with Crippen molar-refractivity contribution in [2.45, 2.75) is 6.92 Å². The second kappa shape index (κ2) is 4.39. The number of ether oxygens (including phenoxy) is 1. The smallest absolute Gasteiger partial charge is 0.281 e. The number of nitro groups is 1. The molecule has 0 aliphatic rings. The Labute approximate surface area is 94.3 Å². The molecule has 0 unspecified atom stereocenters. The highest BCUT2D eigenvalue weighted by Crippen LogP contribution is 2.34. The van der Waals surface area contributed by atoms with Gasteiger partial charge in [-0.1, -0.05) is 0 Å². The lowest BCUT2D eigenvalue weighted by atomic mass is 10.1. The molecule has 1 aromatic carbocycles. The van der Waals surface area contributed by atoms with Crippen molar-refractivity contribution in [3.05, 3.63) is 32.3 Å². The molecule has 0 aromatic heterocycles. The Kier molecular flexibility index (Phi) is 3.41. The number of Topliss-reactive ketones (excluding diaryl/α,β-unsaturated/α-hetero) is 1. The molecule has 0 radical (unpaired) electrons. The summed E-state index contributed by atoms with van der Waals surface area (Å²) >= 11 is 3.11. The van der Waals surface area contributed by atoms with E-state index in [4.69, 9.17) is 4.74 Å². The van der Waals surface area contributed by atoms with E-state index in [0.717, 1.165) is 0 Å². The molecule has 80 valence electrons. The van der Waals surface area contributed by atoms with Crippen LogP contribution in [0.3, 0.4) is 0 Å². The lowest BCUT2D eigenvalue weighted by molar-refractivity contribution is -0.385. The number of nitro benzene ring substituents is 1. The molecule has 5 nitrogen and oxygen atoms in total. The second-order valence-corrected chi connectivity index (χ2v) is 3.58. The average Bonchev–Trinajstić information content (AvgIpc) is 2.16. The van der Waals surface area contributed by atoms with Crippen molar-refractivity contribution >= 4 is 27.4 Å². The lowest BCUT2D eigenvalue weighted by Gasteiger charge is -2.06. The molecule has 0 spiro atoms. The molecule has 0 amide bonds. The minimum atomic E-state index is -0.596. The van der Waals surface area contributed by atoms with Crippen LogP contribution in [0, 0.1) is 10.1 Å². The zero-order chi connectivity index (χ0) is 11.6. The maximum atomic E-state index is 11.3. The Morgan fingerprint density at radius 2 is 2.13 bits per heavy atom. The van der Waals surface area contributed by atoms with E-state index in [1.54, 1.807) is 0 Å². The maximum Gasteiger partial charge on any atom is 0.281 e. The summed E-state index contributed by atoms with van der Waals surface area (Å²) < 4.78 is 5.26. The van der Waals surface area contributed by atoms with E-state index < -0.39 is 4.92 Å². The van der Waals surface area contributed by atoms with Crippen LogP contribution in [0.2, 0.25) is 0 Å². The van der Waals surface area contributed by atoms with Crippen molar-refractivity contribution in [1.29, 1.82) is 0 Å². The molecule has 1 aromatic rings. The van der Waals surface area contributed by atoms with Crippen molar-refractivity contribution in [3.8, 4) is 5.75 Å². The number of halogens is 1. The third kappa shape index (κ3) is 2.15. The summed E-state index contributed by atoms with van der Waals surface area (Å²) in [5.41, 5.74) is -0.200. The number of ketones is 1. The van der Waals surface area contributed by atoms with Gasteiger partial charge in [-0.15, -0.1) is 0 Å². The minimum absolute atomic E-state index is 0.0272. The van der Waals surface area contributed by atoms with Crippen LogP contribution < -0.4 is 4.74 Å². The van der Waals surface area contributed by atoms with Gasteiger partial charge >= 0.3 is 0 Å². The highest BCUT2D eigenvalue weighted by atomic mass is 79.9. The summed E-state index contributed by atoms with van der Waals surface area (Å²) in [7, 11) is 1.43. The Hall–Kier alpha value is -1.43. The Morgan fingerprint density at radius 3 is 2.53 bits per heavy atom. The Morgan fingerprint density at radius 1 is 1.53 bits per heavy atom. The molecular formula is C9H8BrNO4. The first-order chi connectivity index (χ1) is 6.99. The van der Waals surface area contributed by atoms with Gasteiger partial charge in [-0.3, -0.25) is 14.9 Å². The summed E-state index contributed by atoms with van der Waals surface area (Å²) in [6.45, 7) is 1.27. The number of methoxy groups -OCH3 is 1. The average molecular weight is 274 g/mol. The predicted molar refractivity (Wildman–Crippen MR) is 57.4 cm³/mol. The zero-order valence-electron chi connectivity index (χ0n) is 8.11. The lowest BCUT2D eigenvalue weighted by Crippen LogP contribution is -2.02. The van der Waals surface area contributed by atoms with Gasteiger partial charge in [-0.25, -0.2) is 0 Å². The fourth-order valence-corrected chi connectivity index (χ4v) is 1.97. The molecule has 0 aliphatic carbocycles. The van der Waals surface area contributed by atoms with Crippen LogP contribution in [-0.4, -0.2) is 17.8 Å². The van der Waals surface area contributed by atoms with Crippen LogP contribution in [0.25, 0.3) is 0 Å². The number of carbonyl (C=O) groups excluding carboxylic acids is 1. The van der Waals surface area contributed by atoms with Gasteiger partial charge in [0.05, 0.1) is 16.5 Å². The van der Waals surface area contributed by atoms with Crippen LogP contribution in [0.15, 0.2) is 16.6 Å². The van der Waals surface area contributed by atoms with Crippen LogP contribution in [0.1, 0.15) is 17.3 Å². The summed E-state index contributed by atoms with van der Waals surface area (Å²) in [5.74, 6) is 0.0123. The van der Waals surface area contributed by atoms with Gasteiger partial charge in [0.1, 0.15) is 11.3 Å². The van der Waals surface area contributed by atoms with E-state index in [0.29, 0.717) is 10.2 Å². The standard InChI is InChI=1S/C9H8BrNO4/c1-5(12)8-6(11(13)14)3-4-7(15-2)9(8)10/h3-4H,1-2H3. The van der Waals surface area contributed by atoms with Crippen LogP contribution in [0.4, 0.5) is 5.69 Å². The van der Waals surface area contributed by atoms with Crippen molar-refractivity contribution in [3.63, 3.8) is 0 Å². The Bertz CT molecular complexity index is 430. The van der Waals surface area contributed by atoms with Gasteiger partial charge in [0, 0.05) is 6.07 Å². The molecule has 0 saturated heterocycles. The molecule has 0 fully saturated rings. The minimum Gasteiger partial charge on any atom is -0.496 e. The summed E-state index contributed by atoms with van der Waals surface area (Å²) in [6.07, 6.45) is 0. The third-order valence-corrected chi connectivity index (χ3v) is 2.64. The Balaban J connectivity index is 3.51. The fourth-order valence-electron chi connectivity index (χ4n) is 1.19. The number of nitrogens with zero attached hydrogens (tertiary/aromatic N) is 1. The molecule has 0 aliphatic heterocycles. The van der Waals surface area contributed by atoms with E-state index in [9.17, 15) is 14.9 Å². The highest BCUT2D eigenvalue weighted by Gasteiger charge is 2.23. The topological polar surface area (TPSA) is 69.4 Å². The summed E-state index contributed by atoms with van der Waals surface area (Å²) in [5, 5.41) is 10.7. The van der Waals surface area contributed by atoms with E-state index in [1.807, 2.05) is 0 Å². The number of rotatable bonds is 3. The van der Waals surface area contributed by atoms with Gasteiger partial charge in [0.2, 0.25) is 0 Å². The van der Waals surface area contributed by atoms with Crippen molar-refractivity contribution in [2.75, 3.05) is 7.11 Å². The first kappa shape index (κ1) is 11.6. The number of hydrogen-bond acceptors (Lipinski definition) is 4. The quantitative estimate of drug-likeness (QED) is 0.482. The monoisotopic (exact) mass is 273 g/mol. The van der Waals surface area contributed by atoms with Crippen molar-refractivity contribution < 1.29 is 14.5 Å². The van der Waals surface area contributed by atoms with Crippen LogP contribution in [-0.2, 0) is 0 Å². The number of hydrogen-bond donors (Lipinski definition) is 0. The van der Waals surface area contributed by atoms with Gasteiger partial charge in [-0.2, -0.15) is 0 Å². The molecule has 1 rings (SSSR count). The molecule has 15 heavy (non-hydrogen) atoms. The van der Waals surface area contributed by atoms with Crippen LogP contribution in [0.5, 0.6) is 5.75 Å². The van der Waals surface area contributed by atoms with Gasteiger partial charge in [0.25, 0.3) is 5.69 Å². The predicted octanol–water partition coefficient (Wildman–Crippen LogP) is 2.57. The zero-order valence-corrected chi connectivity index (χ0v) is 9.70.